The van der Waals surface area contributed by atoms with Gasteiger partial charge in [0, 0.05) is 31.9 Å². The molecule has 0 saturated heterocycles. The molecular formula is C23H29N3O4. The van der Waals surface area contributed by atoms with Crippen LogP contribution >= 0.6 is 0 Å². The summed E-state index contributed by atoms with van der Waals surface area (Å²) in [4.78, 5) is 37.2. The van der Waals surface area contributed by atoms with Gasteiger partial charge in [0.2, 0.25) is 11.8 Å². The summed E-state index contributed by atoms with van der Waals surface area (Å²) in [6.45, 7) is 2.43. The lowest BCUT2D eigenvalue weighted by Gasteiger charge is -2.11. The average Bonchev–Trinajstić information content (AvgIpc) is 2.75. The summed E-state index contributed by atoms with van der Waals surface area (Å²) in [7, 11) is 3.49. The number of esters is 1. The lowest BCUT2D eigenvalue weighted by Crippen LogP contribution is -2.22. The van der Waals surface area contributed by atoms with Crippen molar-refractivity contribution in [2.24, 2.45) is 0 Å². The van der Waals surface area contributed by atoms with Crippen molar-refractivity contribution < 1.29 is 19.1 Å². The minimum absolute atomic E-state index is 0.0970. The van der Waals surface area contributed by atoms with Gasteiger partial charge in [0.25, 0.3) is 0 Å². The van der Waals surface area contributed by atoms with Crippen LogP contribution in [0.1, 0.15) is 35.7 Å². The lowest BCUT2D eigenvalue weighted by molar-refractivity contribution is -0.128. The fraction of sp³-hybridized carbons (Fsp3) is 0.348. The fourth-order valence-electron chi connectivity index (χ4n) is 2.62. The molecule has 0 heterocycles. The molecule has 160 valence electrons. The summed E-state index contributed by atoms with van der Waals surface area (Å²) >= 11 is 0. The van der Waals surface area contributed by atoms with Gasteiger partial charge in [-0.05, 0) is 54.8 Å². The highest BCUT2D eigenvalue weighted by Crippen LogP contribution is 2.13. The first-order valence-electron chi connectivity index (χ1n) is 9.99. The first-order valence-corrected chi connectivity index (χ1v) is 9.99. The Morgan fingerprint density at radius 3 is 2.17 bits per heavy atom. The molecule has 0 aliphatic carbocycles. The van der Waals surface area contributed by atoms with Gasteiger partial charge in [-0.15, -0.1) is 0 Å². The number of hydrogen-bond donors (Lipinski definition) is 2. The summed E-state index contributed by atoms with van der Waals surface area (Å²) < 4.78 is 5.08. The molecule has 2 amide bonds. The van der Waals surface area contributed by atoms with Gasteiger partial charge < -0.3 is 20.3 Å². The van der Waals surface area contributed by atoms with E-state index in [-0.39, 0.29) is 24.3 Å². The zero-order valence-electron chi connectivity index (χ0n) is 17.7. The molecule has 30 heavy (non-hydrogen) atoms. The van der Waals surface area contributed by atoms with Gasteiger partial charge in [0.1, 0.15) is 0 Å². The molecule has 0 radical (unpaired) electrons. The third-order valence-corrected chi connectivity index (χ3v) is 4.37. The second-order valence-corrected chi connectivity index (χ2v) is 7.10. The molecule has 7 nitrogen and oxygen atoms in total. The number of aryl methyl sites for hydroxylation is 1. The maximum absolute atomic E-state index is 12.1. The smallest absolute Gasteiger partial charge is 0.338 e. The number of carbonyl (C=O) groups is 3. The van der Waals surface area contributed by atoms with Crippen LogP contribution in [0.2, 0.25) is 0 Å². The molecule has 2 N–H and O–H groups in total. The molecule has 7 heteroatoms. The summed E-state index contributed by atoms with van der Waals surface area (Å²) in [5.41, 5.74) is 2.95. The molecule has 0 fully saturated rings. The molecule has 0 unspecified atom stereocenters. The van der Waals surface area contributed by atoms with Crippen molar-refractivity contribution >= 4 is 29.2 Å². The van der Waals surface area contributed by atoms with Crippen molar-refractivity contribution in [3.8, 4) is 0 Å². The number of benzene rings is 2. The molecule has 2 rings (SSSR count). The molecule has 2 aromatic rings. The predicted octanol–water partition coefficient (Wildman–Crippen LogP) is 3.32. The minimum atomic E-state index is -0.370. The Morgan fingerprint density at radius 1 is 0.933 bits per heavy atom. The number of amides is 2. The maximum Gasteiger partial charge on any atom is 0.338 e. The highest BCUT2D eigenvalue weighted by Gasteiger charge is 2.08. The predicted molar refractivity (Wildman–Crippen MR) is 118 cm³/mol. The van der Waals surface area contributed by atoms with E-state index in [2.05, 4.69) is 10.6 Å². The Balaban J connectivity index is 1.77. The van der Waals surface area contributed by atoms with E-state index in [9.17, 15) is 14.4 Å². The van der Waals surface area contributed by atoms with Crippen LogP contribution in [-0.2, 0) is 20.7 Å². The SMILES string of the molecule is CCCOC(=O)c1ccc(NC(=O)CNc2ccc(CCC(=O)N(C)C)cc2)cc1. The minimum Gasteiger partial charge on any atom is -0.462 e. The Morgan fingerprint density at radius 2 is 1.57 bits per heavy atom. The van der Waals surface area contributed by atoms with Crippen molar-refractivity contribution in [2.45, 2.75) is 26.2 Å². The third-order valence-electron chi connectivity index (χ3n) is 4.37. The van der Waals surface area contributed by atoms with Crippen LogP contribution in [-0.4, -0.2) is 49.9 Å². The largest absolute Gasteiger partial charge is 0.462 e. The van der Waals surface area contributed by atoms with Crippen LogP contribution in [0.15, 0.2) is 48.5 Å². The van der Waals surface area contributed by atoms with Crippen LogP contribution < -0.4 is 10.6 Å². The van der Waals surface area contributed by atoms with E-state index >= 15 is 0 Å². The number of nitrogens with zero attached hydrogens (tertiary/aromatic N) is 1. The Kier molecular flexibility index (Phi) is 8.87. The van der Waals surface area contributed by atoms with E-state index in [0.717, 1.165) is 17.7 Å². The Labute approximate surface area is 177 Å². The molecule has 0 saturated carbocycles. The Hall–Kier alpha value is -3.35. The van der Waals surface area contributed by atoms with Gasteiger partial charge in [-0.2, -0.15) is 0 Å². The van der Waals surface area contributed by atoms with Gasteiger partial charge in [0.15, 0.2) is 0 Å². The van der Waals surface area contributed by atoms with Crippen LogP contribution in [0.3, 0.4) is 0 Å². The van der Waals surface area contributed by atoms with Gasteiger partial charge in [-0.25, -0.2) is 4.79 Å². The van der Waals surface area contributed by atoms with E-state index in [0.29, 0.717) is 30.7 Å². The fourth-order valence-corrected chi connectivity index (χ4v) is 2.62. The summed E-state index contributed by atoms with van der Waals surface area (Å²) in [5.74, 6) is -0.470. The van der Waals surface area contributed by atoms with Gasteiger partial charge in [-0.3, -0.25) is 9.59 Å². The number of anilines is 2. The molecule has 0 atom stereocenters. The van der Waals surface area contributed by atoms with E-state index in [4.69, 9.17) is 4.74 Å². The van der Waals surface area contributed by atoms with Gasteiger partial charge >= 0.3 is 5.97 Å². The number of rotatable bonds is 10. The van der Waals surface area contributed by atoms with Crippen LogP contribution in [0.25, 0.3) is 0 Å². The van der Waals surface area contributed by atoms with E-state index in [1.54, 1.807) is 43.3 Å². The second kappa shape index (κ2) is 11.6. The van der Waals surface area contributed by atoms with E-state index in [1.807, 2.05) is 31.2 Å². The van der Waals surface area contributed by atoms with E-state index < -0.39 is 0 Å². The Bertz CT molecular complexity index is 846. The highest BCUT2D eigenvalue weighted by molar-refractivity contribution is 5.95. The lowest BCUT2D eigenvalue weighted by atomic mass is 10.1. The summed E-state index contributed by atoms with van der Waals surface area (Å²) in [5, 5.41) is 5.85. The van der Waals surface area contributed by atoms with Crippen molar-refractivity contribution in [2.75, 3.05) is 37.9 Å². The quantitative estimate of drug-likeness (QED) is 0.586. The number of nitrogens with one attached hydrogen (secondary N) is 2. The van der Waals surface area contributed by atoms with Gasteiger partial charge in [-0.1, -0.05) is 19.1 Å². The first-order chi connectivity index (χ1) is 14.4. The third kappa shape index (κ3) is 7.58. The van der Waals surface area contributed by atoms with Crippen LogP contribution in [0.4, 0.5) is 11.4 Å². The van der Waals surface area contributed by atoms with Crippen molar-refractivity contribution in [3.05, 3.63) is 59.7 Å². The highest BCUT2D eigenvalue weighted by atomic mass is 16.5. The van der Waals surface area contributed by atoms with Crippen molar-refractivity contribution in [1.29, 1.82) is 0 Å². The molecule has 2 aromatic carbocycles. The topological polar surface area (TPSA) is 87.7 Å². The van der Waals surface area contributed by atoms with Crippen molar-refractivity contribution in [1.82, 2.24) is 4.90 Å². The van der Waals surface area contributed by atoms with Gasteiger partial charge in [0.05, 0.1) is 18.7 Å². The first kappa shape index (κ1) is 22.9. The summed E-state index contributed by atoms with van der Waals surface area (Å²) in [6, 6.07) is 14.3. The number of carbonyl (C=O) groups excluding carboxylic acids is 3. The monoisotopic (exact) mass is 411 g/mol. The van der Waals surface area contributed by atoms with Crippen LogP contribution in [0.5, 0.6) is 0 Å². The molecule has 0 aliphatic rings. The maximum atomic E-state index is 12.1. The molecular weight excluding hydrogens is 382 g/mol. The van der Waals surface area contributed by atoms with Crippen LogP contribution in [0, 0.1) is 0 Å². The zero-order chi connectivity index (χ0) is 21.9. The van der Waals surface area contributed by atoms with E-state index in [1.165, 1.54) is 0 Å². The standard InChI is InChI=1S/C23H29N3O4/c1-4-15-30-23(29)18-8-12-20(13-9-18)25-21(27)16-24-19-10-5-17(6-11-19)7-14-22(28)26(2)3/h5-6,8-13,24H,4,7,14-16H2,1-3H3,(H,25,27). The molecule has 0 aromatic heterocycles. The molecule has 0 spiro atoms. The van der Waals surface area contributed by atoms with Crippen molar-refractivity contribution in [3.63, 3.8) is 0 Å². The average molecular weight is 412 g/mol. The molecule has 0 aliphatic heterocycles. The second-order valence-electron chi connectivity index (χ2n) is 7.10. The normalized spacial score (nSPS) is 10.2. The summed E-state index contributed by atoms with van der Waals surface area (Å²) in [6.07, 6.45) is 1.92. The number of hydrogen-bond acceptors (Lipinski definition) is 5. The number of ether oxygens (including phenoxy) is 1. The zero-order valence-corrected chi connectivity index (χ0v) is 17.7. The molecule has 0 bridgehead atoms.